The van der Waals surface area contributed by atoms with Crippen LogP contribution in [0.2, 0.25) is 5.02 Å². The molecule has 0 saturated carbocycles. The summed E-state index contributed by atoms with van der Waals surface area (Å²) in [5.74, 6) is -0.861. The first-order valence-corrected chi connectivity index (χ1v) is 7.82. The highest BCUT2D eigenvalue weighted by Crippen LogP contribution is 2.36. The second-order valence-corrected chi connectivity index (χ2v) is 5.38. The lowest BCUT2D eigenvalue weighted by atomic mass is 10.1. The Hall–Kier alpha value is -2.74. The average Bonchev–Trinajstić information content (AvgIpc) is 2.59. The number of hydrazine groups is 1. The molecule has 2 amide bonds. The average molecular weight is 387 g/mol. The molecule has 0 radical (unpaired) electrons. The van der Waals surface area contributed by atoms with Crippen LogP contribution in [0.15, 0.2) is 48.5 Å². The first-order chi connectivity index (χ1) is 12.3. The number of anilines is 1. The van der Waals surface area contributed by atoms with Gasteiger partial charge in [0.05, 0.1) is 28.4 Å². The van der Waals surface area contributed by atoms with E-state index in [-0.39, 0.29) is 17.2 Å². The molecule has 0 spiro atoms. The summed E-state index contributed by atoms with van der Waals surface area (Å²) in [6, 6.07) is 10.2. The second kappa shape index (κ2) is 8.09. The number of carbonyl (C=O) groups is 2. The minimum Gasteiger partial charge on any atom is -0.448 e. The molecule has 138 valence electrons. The van der Waals surface area contributed by atoms with Crippen molar-refractivity contribution in [3.05, 3.63) is 64.7 Å². The molecule has 0 bridgehead atoms. The number of nitrogens with zero attached hydrogens (tertiary/aromatic N) is 1. The number of amides is 2. The van der Waals surface area contributed by atoms with Crippen molar-refractivity contribution in [3.8, 4) is 0 Å². The quantitative estimate of drug-likeness (QED) is 0.780. The van der Waals surface area contributed by atoms with Gasteiger partial charge in [0, 0.05) is 0 Å². The summed E-state index contributed by atoms with van der Waals surface area (Å²) < 4.78 is 44.6. The second-order valence-electron chi connectivity index (χ2n) is 4.97. The molecular formula is C17H14ClF3N2O3. The highest BCUT2D eigenvalue weighted by molar-refractivity contribution is 6.33. The van der Waals surface area contributed by atoms with Gasteiger partial charge in [0.2, 0.25) is 0 Å². The molecule has 26 heavy (non-hydrogen) atoms. The molecule has 0 unspecified atom stereocenters. The van der Waals surface area contributed by atoms with Gasteiger partial charge in [0.15, 0.2) is 0 Å². The third-order valence-corrected chi connectivity index (χ3v) is 3.56. The van der Waals surface area contributed by atoms with E-state index in [4.69, 9.17) is 16.3 Å². The van der Waals surface area contributed by atoms with Crippen LogP contribution in [0.4, 0.5) is 23.7 Å². The minimum absolute atomic E-state index is 0.00652. The topological polar surface area (TPSA) is 58.6 Å². The lowest BCUT2D eigenvalue weighted by molar-refractivity contribution is -0.137. The number of hydrogen-bond acceptors (Lipinski definition) is 3. The molecule has 1 N–H and O–H groups in total. The number of carbonyl (C=O) groups excluding carboxylic acids is 2. The minimum atomic E-state index is -4.74. The van der Waals surface area contributed by atoms with Crippen LogP contribution in [0.5, 0.6) is 0 Å². The van der Waals surface area contributed by atoms with Gasteiger partial charge in [-0.1, -0.05) is 35.9 Å². The van der Waals surface area contributed by atoms with Crippen LogP contribution in [0.25, 0.3) is 0 Å². The van der Waals surface area contributed by atoms with Gasteiger partial charge in [-0.2, -0.15) is 18.2 Å². The standard InChI is InChI=1S/C17H14ClF3N2O3/c1-2-26-16(25)23(14-10-6-4-8-12(14)17(19,20)21)22-15(24)11-7-3-5-9-13(11)18/h3-10H,2H2,1H3,(H,22,24). The van der Waals surface area contributed by atoms with Crippen LogP contribution in [-0.2, 0) is 10.9 Å². The van der Waals surface area contributed by atoms with Crippen molar-refractivity contribution in [2.45, 2.75) is 13.1 Å². The van der Waals surface area contributed by atoms with E-state index in [1.54, 1.807) is 6.07 Å². The van der Waals surface area contributed by atoms with Crippen molar-refractivity contribution in [1.29, 1.82) is 0 Å². The van der Waals surface area contributed by atoms with Crippen molar-refractivity contribution >= 4 is 29.3 Å². The predicted octanol–water partition coefficient (Wildman–Crippen LogP) is 4.67. The van der Waals surface area contributed by atoms with E-state index in [0.29, 0.717) is 5.01 Å². The number of para-hydroxylation sites is 1. The van der Waals surface area contributed by atoms with Gasteiger partial charge in [0.1, 0.15) is 0 Å². The third kappa shape index (κ3) is 4.45. The lowest BCUT2D eigenvalue weighted by Crippen LogP contribution is -2.47. The number of rotatable bonds is 3. The van der Waals surface area contributed by atoms with E-state index in [1.807, 2.05) is 0 Å². The largest absolute Gasteiger partial charge is 0.448 e. The number of hydrogen-bond donors (Lipinski definition) is 1. The molecule has 0 aromatic heterocycles. The van der Waals surface area contributed by atoms with Crippen LogP contribution < -0.4 is 10.4 Å². The molecule has 0 atom stereocenters. The first-order valence-electron chi connectivity index (χ1n) is 7.44. The maximum absolute atomic E-state index is 13.3. The highest BCUT2D eigenvalue weighted by Gasteiger charge is 2.37. The van der Waals surface area contributed by atoms with E-state index in [9.17, 15) is 22.8 Å². The van der Waals surface area contributed by atoms with Crippen molar-refractivity contribution in [3.63, 3.8) is 0 Å². The maximum atomic E-state index is 13.3. The lowest BCUT2D eigenvalue weighted by Gasteiger charge is -2.25. The Morgan fingerprint density at radius 3 is 2.35 bits per heavy atom. The molecule has 2 rings (SSSR count). The summed E-state index contributed by atoms with van der Waals surface area (Å²) in [4.78, 5) is 24.6. The molecule has 0 saturated heterocycles. The van der Waals surface area contributed by atoms with Gasteiger partial charge in [-0.3, -0.25) is 10.2 Å². The zero-order valence-electron chi connectivity index (χ0n) is 13.5. The van der Waals surface area contributed by atoms with E-state index in [1.165, 1.54) is 37.3 Å². The van der Waals surface area contributed by atoms with Gasteiger partial charge in [-0.05, 0) is 31.2 Å². The fraction of sp³-hybridized carbons (Fsp3) is 0.176. The molecular weight excluding hydrogens is 373 g/mol. The Morgan fingerprint density at radius 2 is 1.73 bits per heavy atom. The maximum Gasteiger partial charge on any atom is 0.433 e. The summed E-state index contributed by atoms with van der Waals surface area (Å²) in [5, 5.41) is 0.496. The fourth-order valence-electron chi connectivity index (χ4n) is 2.11. The number of benzene rings is 2. The van der Waals surface area contributed by atoms with E-state index >= 15 is 0 Å². The van der Waals surface area contributed by atoms with Crippen LogP contribution >= 0.6 is 11.6 Å². The number of ether oxygens (including phenoxy) is 1. The van der Waals surface area contributed by atoms with E-state index in [0.717, 1.165) is 12.1 Å². The Kier molecular flexibility index (Phi) is 6.10. The molecule has 0 heterocycles. The predicted molar refractivity (Wildman–Crippen MR) is 89.9 cm³/mol. The van der Waals surface area contributed by atoms with Gasteiger partial charge >= 0.3 is 12.3 Å². The van der Waals surface area contributed by atoms with Gasteiger partial charge in [-0.25, -0.2) is 4.79 Å². The Balaban J connectivity index is 2.45. The van der Waals surface area contributed by atoms with Crippen molar-refractivity contribution < 1.29 is 27.5 Å². The van der Waals surface area contributed by atoms with Crippen LogP contribution in [0.1, 0.15) is 22.8 Å². The summed E-state index contributed by atoms with van der Waals surface area (Å²) in [6.45, 7) is 1.40. The van der Waals surface area contributed by atoms with Crippen molar-refractivity contribution in [1.82, 2.24) is 5.43 Å². The molecule has 0 aliphatic heterocycles. The van der Waals surface area contributed by atoms with Crippen molar-refractivity contribution in [2.75, 3.05) is 11.6 Å². The number of alkyl halides is 3. The van der Waals surface area contributed by atoms with E-state index < -0.39 is 29.4 Å². The zero-order valence-corrected chi connectivity index (χ0v) is 14.3. The SMILES string of the molecule is CCOC(=O)N(NC(=O)c1ccccc1Cl)c1ccccc1C(F)(F)F. The molecule has 5 nitrogen and oxygen atoms in total. The fourth-order valence-corrected chi connectivity index (χ4v) is 2.33. The monoisotopic (exact) mass is 386 g/mol. The summed E-state index contributed by atoms with van der Waals surface area (Å²) in [7, 11) is 0. The van der Waals surface area contributed by atoms with Gasteiger partial charge in [0.25, 0.3) is 5.91 Å². The highest BCUT2D eigenvalue weighted by atomic mass is 35.5. The Morgan fingerprint density at radius 1 is 1.12 bits per heavy atom. The zero-order chi connectivity index (χ0) is 19.3. The molecule has 0 aliphatic rings. The summed E-state index contributed by atoms with van der Waals surface area (Å²) in [5.41, 5.74) is 0.442. The first kappa shape index (κ1) is 19.6. The van der Waals surface area contributed by atoms with E-state index in [2.05, 4.69) is 5.43 Å². The van der Waals surface area contributed by atoms with Crippen molar-refractivity contribution in [2.24, 2.45) is 0 Å². The molecule has 0 fully saturated rings. The van der Waals surface area contributed by atoms with Crippen LogP contribution in [0, 0.1) is 0 Å². The summed E-state index contributed by atoms with van der Waals surface area (Å²) in [6.07, 6.45) is -5.90. The Labute approximate surface area is 152 Å². The number of nitrogens with one attached hydrogen (secondary N) is 1. The van der Waals surface area contributed by atoms with Crippen LogP contribution in [0.3, 0.4) is 0 Å². The molecule has 2 aromatic rings. The normalized spacial score (nSPS) is 11.0. The number of halogens is 4. The molecule has 0 aliphatic carbocycles. The smallest absolute Gasteiger partial charge is 0.433 e. The third-order valence-electron chi connectivity index (χ3n) is 3.23. The molecule has 2 aromatic carbocycles. The summed E-state index contributed by atoms with van der Waals surface area (Å²) >= 11 is 5.92. The Bertz CT molecular complexity index is 812. The van der Waals surface area contributed by atoms with Gasteiger partial charge < -0.3 is 4.74 Å². The van der Waals surface area contributed by atoms with Gasteiger partial charge in [-0.15, -0.1) is 0 Å². The van der Waals surface area contributed by atoms with Crippen LogP contribution in [-0.4, -0.2) is 18.6 Å². The molecule has 9 heteroatoms.